The Kier molecular flexibility index (Phi) is 3.54. The third-order valence-electron chi connectivity index (χ3n) is 4.99. The highest BCUT2D eigenvalue weighted by Gasteiger charge is 2.13. The number of hydrogen-bond donors (Lipinski definition) is 0. The lowest BCUT2D eigenvalue weighted by atomic mass is 9.88. The lowest BCUT2D eigenvalue weighted by Crippen LogP contribution is -1.89. The molecule has 0 bridgehead atoms. The zero-order valence-electron chi connectivity index (χ0n) is 14.3. The third-order valence-corrected chi connectivity index (χ3v) is 4.99. The molecule has 1 radical (unpaired) electrons. The van der Waals surface area contributed by atoms with Gasteiger partial charge in [-0.25, -0.2) is 0 Å². The Hall–Kier alpha value is -3.38. The van der Waals surface area contributed by atoms with Gasteiger partial charge in [-0.3, -0.25) is 0 Å². The normalized spacial score (nSPS) is 11.1. The fourth-order valence-corrected chi connectivity index (χ4v) is 3.80. The molecule has 5 aromatic rings. The van der Waals surface area contributed by atoms with E-state index in [1.807, 2.05) is 12.1 Å². The Morgan fingerprint density at radius 1 is 0.462 bits per heavy atom. The van der Waals surface area contributed by atoms with Crippen molar-refractivity contribution in [2.75, 3.05) is 0 Å². The molecule has 0 nitrogen and oxygen atoms in total. The van der Waals surface area contributed by atoms with Gasteiger partial charge in [0.15, 0.2) is 0 Å². The molecule has 0 amide bonds. The van der Waals surface area contributed by atoms with Crippen molar-refractivity contribution in [3.05, 3.63) is 109 Å². The van der Waals surface area contributed by atoms with E-state index < -0.39 is 0 Å². The van der Waals surface area contributed by atoms with Crippen LogP contribution < -0.4 is 0 Å². The second-order valence-electron chi connectivity index (χ2n) is 6.51. The SMILES string of the molecule is [c]1ccccc1-c1c(-c2cccc3ccccc23)ccc2ccccc12. The highest BCUT2D eigenvalue weighted by molar-refractivity contribution is 6.08. The van der Waals surface area contributed by atoms with Crippen molar-refractivity contribution in [3.63, 3.8) is 0 Å². The maximum atomic E-state index is 3.44. The van der Waals surface area contributed by atoms with Crippen LogP contribution in [-0.2, 0) is 0 Å². The molecule has 0 unspecified atom stereocenters. The van der Waals surface area contributed by atoms with Crippen LogP contribution >= 0.6 is 0 Å². The molecule has 0 heterocycles. The molecule has 0 spiro atoms. The number of benzene rings is 5. The first-order valence-corrected chi connectivity index (χ1v) is 8.89. The summed E-state index contributed by atoms with van der Waals surface area (Å²) in [5.74, 6) is 0. The summed E-state index contributed by atoms with van der Waals surface area (Å²) in [4.78, 5) is 0. The van der Waals surface area contributed by atoms with Gasteiger partial charge in [0.05, 0.1) is 0 Å². The second-order valence-corrected chi connectivity index (χ2v) is 6.51. The molecule has 0 aliphatic carbocycles. The average Bonchev–Trinajstić information content (AvgIpc) is 2.73. The van der Waals surface area contributed by atoms with Crippen LogP contribution in [-0.4, -0.2) is 0 Å². The van der Waals surface area contributed by atoms with Gasteiger partial charge in [-0.15, -0.1) is 0 Å². The summed E-state index contributed by atoms with van der Waals surface area (Å²) in [6.07, 6.45) is 0. The summed E-state index contributed by atoms with van der Waals surface area (Å²) >= 11 is 0. The summed E-state index contributed by atoms with van der Waals surface area (Å²) in [6, 6.07) is 39.9. The number of rotatable bonds is 2. The van der Waals surface area contributed by atoms with Gasteiger partial charge in [-0.2, -0.15) is 0 Å². The van der Waals surface area contributed by atoms with Crippen molar-refractivity contribution in [1.29, 1.82) is 0 Å². The predicted molar refractivity (Wildman–Crippen MR) is 111 cm³/mol. The Balaban J connectivity index is 1.92. The minimum atomic E-state index is 1.13. The molecule has 0 fully saturated rings. The van der Waals surface area contributed by atoms with Gasteiger partial charge >= 0.3 is 0 Å². The largest absolute Gasteiger partial charge is 0.0616 e. The second kappa shape index (κ2) is 6.16. The molecule has 0 atom stereocenters. The summed E-state index contributed by atoms with van der Waals surface area (Å²) < 4.78 is 0. The van der Waals surface area contributed by atoms with Crippen LogP contribution in [0.2, 0.25) is 0 Å². The first-order valence-electron chi connectivity index (χ1n) is 8.89. The van der Waals surface area contributed by atoms with Crippen molar-refractivity contribution in [1.82, 2.24) is 0 Å². The fourth-order valence-electron chi connectivity index (χ4n) is 3.80. The van der Waals surface area contributed by atoms with E-state index in [9.17, 15) is 0 Å². The maximum Gasteiger partial charge on any atom is -0.00204 e. The van der Waals surface area contributed by atoms with Crippen molar-refractivity contribution in [2.45, 2.75) is 0 Å². The third kappa shape index (κ3) is 2.39. The molecule has 26 heavy (non-hydrogen) atoms. The van der Waals surface area contributed by atoms with E-state index >= 15 is 0 Å². The van der Waals surface area contributed by atoms with Gasteiger partial charge in [0.2, 0.25) is 0 Å². The molecular formula is C26H17. The topological polar surface area (TPSA) is 0 Å². The van der Waals surface area contributed by atoms with Gasteiger partial charge in [0, 0.05) is 0 Å². The molecule has 5 rings (SSSR count). The van der Waals surface area contributed by atoms with E-state index in [0.29, 0.717) is 0 Å². The van der Waals surface area contributed by atoms with Crippen LogP contribution in [0.3, 0.4) is 0 Å². The van der Waals surface area contributed by atoms with Crippen molar-refractivity contribution in [2.24, 2.45) is 0 Å². The Labute approximate surface area is 153 Å². The lowest BCUT2D eigenvalue weighted by Gasteiger charge is -2.15. The zero-order valence-corrected chi connectivity index (χ0v) is 14.3. The Morgan fingerprint density at radius 3 is 1.96 bits per heavy atom. The van der Waals surface area contributed by atoms with Crippen molar-refractivity contribution >= 4 is 21.5 Å². The van der Waals surface area contributed by atoms with Crippen molar-refractivity contribution < 1.29 is 0 Å². The Morgan fingerprint density at radius 2 is 1.15 bits per heavy atom. The van der Waals surface area contributed by atoms with Crippen LogP contribution in [0.4, 0.5) is 0 Å². The molecule has 121 valence electrons. The summed E-state index contributed by atoms with van der Waals surface area (Å²) in [5.41, 5.74) is 4.90. The van der Waals surface area contributed by atoms with Crippen LogP contribution in [0, 0.1) is 6.07 Å². The molecule has 0 aliphatic rings. The van der Waals surface area contributed by atoms with Crippen molar-refractivity contribution in [3.8, 4) is 22.3 Å². The van der Waals surface area contributed by atoms with E-state index in [1.54, 1.807) is 0 Å². The highest BCUT2D eigenvalue weighted by atomic mass is 14.2. The maximum absolute atomic E-state index is 3.44. The number of fused-ring (bicyclic) bond motifs is 2. The molecular weight excluding hydrogens is 312 g/mol. The minimum Gasteiger partial charge on any atom is -0.0616 e. The summed E-state index contributed by atoms with van der Waals surface area (Å²) in [6.45, 7) is 0. The number of hydrogen-bond acceptors (Lipinski definition) is 0. The first-order chi connectivity index (χ1) is 12.9. The molecule has 0 saturated heterocycles. The molecule has 0 aromatic heterocycles. The van der Waals surface area contributed by atoms with E-state index in [-0.39, 0.29) is 0 Å². The molecule has 0 N–H and O–H groups in total. The standard InChI is InChI=1S/C26H17/c1-2-11-21(12-3-1)26-23-15-7-5-10-20(23)17-18-25(26)24-16-8-13-19-9-4-6-14-22(19)24/h1-11,13-18H. The lowest BCUT2D eigenvalue weighted by molar-refractivity contribution is 1.62. The predicted octanol–water partition coefficient (Wildman–Crippen LogP) is 7.13. The summed E-state index contributed by atoms with van der Waals surface area (Å²) in [7, 11) is 0. The first kappa shape index (κ1) is 14.9. The molecule has 0 aliphatic heterocycles. The minimum absolute atomic E-state index is 1.13. The average molecular weight is 329 g/mol. The smallest absolute Gasteiger partial charge is 0.00204 e. The molecule has 0 heteroatoms. The van der Waals surface area contributed by atoms with Crippen LogP contribution in [0.5, 0.6) is 0 Å². The van der Waals surface area contributed by atoms with Gasteiger partial charge in [0.1, 0.15) is 0 Å². The van der Waals surface area contributed by atoms with Crippen LogP contribution in [0.1, 0.15) is 0 Å². The highest BCUT2D eigenvalue weighted by Crippen LogP contribution is 2.40. The fraction of sp³-hybridized carbons (Fsp3) is 0. The van der Waals surface area contributed by atoms with Gasteiger partial charge in [-0.05, 0) is 49.9 Å². The zero-order chi connectivity index (χ0) is 17.3. The molecule has 0 saturated carbocycles. The van der Waals surface area contributed by atoms with Gasteiger partial charge in [0.25, 0.3) is 0 Å². The quantitative estimate of drug-likeness (QED) is 0.323. The molecule has 5 aromatic carbocycles. The van der Waals surface area contributed by atoms with E-state index in [0.717, 1.165) is 5.56 Å². The van der Waals surface area contributed by atoms with Crippen LogP contribution in [0.25, 0.3) is 43.8 Å². The van der Waals surface area contributed by atoms with Crippen LogP contribution in [0.15, 0.2) is 103 Å². The van der Waals surface area contributed by atoms with E-state index in [1.165, 1.54) is 38.2 Å². The Bertz CT molecular complexity index is 1210. The summed E-state index contributed by atoms with van der Waals surface area (Å²) in [5, 5.41) is 5.06. The monoisotopic (exact) mass is 329 g/mol. The van der Waals surface area contributed by atoms with Gasteiger partial charge in [-0.1, -0.05) is 103 Å². The van der Waals surface area contributed by atoms with E-state index in [4.69, 9.17) is 0 Å². The van der Waals surface area contributed by atoms with Gasteiger partial charge < -0.3 is 0 Å². The van der Waals surface area contributed by atoms with E-state index in [2.05, 4.69) is 97.1 Å².